The molecule has 1 aromatic rings. The third kappa shape index (κ3) is 4.55. The van der Waals surface area contributed by atoms with Crippen molar-refractivity contribution >= 4 is 29.9 Å². The molecule has 2 rings (SSSR count). The lowest BCUT2D eigenvalue weighted by Gasteiger charge is -2.22. The van der Waals surface area contributed by atoms with E-state index in [0.29, 0.717) is 23.8 Å². The maximum absolute atomic E-state index is 5.50. The summed E-state index contributed by atoms with van der Waals surface area (Å²) in [7, 11) is 6.67. The van der Waals surface area contributed by atoms with E-state index in [9.17, 15) is 0 Å². The van der Waals surface area contributed by atoms with Gasteiger partial charge >= 0.3 is 0 Å². The predicted molar refractivity (Wildman–Crippen MR) is 103 cm³/mol. The third-order valence-corrected chi connectivity index (χ3v) is 3.84. The van der Waals surface area contributed by atoms with Crippen LogP contribution >= 0.6 is 24.0 Å². The first-order chi connectivity index (χ1) is 10.7. The summed E-state index contributed by atoms with van der Waals surface area (Å²) in [6.45, 7) is 2.73. The molecule has 1 aliphatic heterocycles. The highest BCUT2D eigenvalue weighted by molar-refractivity contribution is 14.0. The highest BCUT2D eigenvalue weighted by Gasteiger charge is 2.18. The van der Waals surface area contributed by atoms with E-state index < -0.39 is 0 Å². The van der Waals surface area contributed by atoms with Crippen molar-refractivity contribution in [2.75, 3.05) is 41.5 Å². The van der Waals surface area contributed by atoms with E-state index in [1.807, 2.05) is 19.2 Å². The molecule has 1 fully saturated rings. The monoisotopic (exact) mass is 435 g/mol. The summed E-state index contributed by atoms with van der Waals surface area (Å²) in [5.74, 6) is 2.88. The largest absolute Gasteiger partial charge is 0.493 e. The number of benzene rings is 1. The van der Waals surface area contributed by atoms with Crippen LogP contribution in [0.2, 0.25) is 0 Å². The van der Waals surface area contributed by atoms with Gasteiger partial charge in [0.05, 0.1) is 21.3 Å². The minimum atomic E-state index is 0. The van der Waals surface area contributed by atoms with Crippen LogP contribution in [0, 0.1) is 0 Å². The van der Waals surface area contributed by atoms with Crippen LogP contribution in [-0.4, -0.2) is 52.3 Å². The second-order valence-electron chi connectivity index (χ2n) is 5.09. The molecule has 0 amide bonds. The minimum absolute atomic E-state index is 0. The standard InChI is InChI=1S/C16H25N3O3.HI/c1-17-16(19-9-5-6-10-19)18-11-12-7-8-13(20-2)15(22-4)14(12)21-3;/h7-8H,5-6,9-11H2,1-4H3,(H,17,18);1H. The zero-order valence-electron chi connectivity index (χ0n) is 14.2. The molecule has 130 valence electrons. The number of nitrogens with one attached hydrogen (secondary N) is 1. The summed E-state index contributed by atoms with van der Waals surface area (Å²) < 4.78 is 16.2. The average molecular weight is 435 g/mol. The SMILES string of the molecule is CN=C(NCc1ccc(OC)c(OC)c1OC)N1CCCC1.I. The van der Waals surface area contributed by atoms with Gasteiger partial charge in [0, 0.05) is 32.2 Å². The third-order valence-electron chi connectivity index (χ3n) is 3.84. The fourth-order valence-corrected chi connectivity index (χ4v) is 2.74. The van der Waals surface area contributed by atoms with Gasteiger partial charge in [0.25, 0.3) is 0 Å². The van der Waals surface area contributed by atoms with Gasteiger partial charge in [-0.25, -0.2) is 0 Å². The molecule has 1 heterocycles. The van der Waals surface area contributed by atoms with Crippen molar-refractivity contribution in [1.82, 2.24) is 10.2 Å². The number of ether oxygens (including phenoxy) is 3. The van der Waals surface area contributed by atoms with E-state index >= 15 is 0 Å². The topological polar surface area (TPSA) is 55.3 Å². The van der Waals surface area contributed by atoms with E-state index in [1.165, 1.54) is 12.8 Å². The molecule has 1 N–H and O–H groups in total. The maximum atomic E-state index is 5.50. The van der Waals surface area contributed by atoms with E-state index in [2.05, 4.69) is 15.2 Å². The summed E-state index contributed by atoms with van der Waals surface area (Å²) in [6.07, 6.45) is 2.45. The second-order valence-corrected chi connectivity index (χ2v) is 5.09. The van der Waals surface area contributed by atoms with Gasteiger partial charge in [-0.3, -0.25) is 4.99 Å². The molecule has 0 radical (unpaired) electrons. The first-order valence-corrected chi connectivity index (χ1v) is 7.48. The molecule has 7 heteroatoms. The number of guanidine groups is 1. The molecule has 0 aliphatic carbocycles. The molecule has 1 aromatic carbocycles. The fraction of sp³-hybridized carbons (Fsp3) is 0.562. The molecule has 0 unspecified atom stereocenters. The van der Waals surface area contributed by atoms with Crippen LogP contribution in [0.25, 0.3) is 0 Å². The molecule has 1 saturated heterocycles. The normalized spacial score (nSPS) is 14.3. The van der Waals surface area contributed by atoms with Crippen molar-refractivity contribution in [3.8, 4) is 17.2 Å². The van der Waals surface area contributed by atoms with Crippen molar-refractivity contribution in [3.05, 3.63) is 17.7 Å². The highest BCUT2D eigenvalue weighted by atomic mass is 127. The van der Waals surface area contributed by atoms with Crippen LogP contribution in [-0.2, 0) is 6.54 Å². The number of likely N-dealkylation sites (tertiary alicyclic amines) is 1. The van der Waals surface area contributed by atoms with E-state index in [4.69, 9.17) is 14.2 Å². The van der Waals surface area contributed by atoms with Gasteiger partial charge < -0.3 is 24.4 Å². The summed E-state index contributed by atoms with van der Waals surface area (Å²) in [4.78, 5) is 6.62. The first-order valence-electron chi connectivity index (χ1n) is 7.48. The zero-order valence-corrected chi connectivity index (χ0v) is 16.5. The number of nitrogens with zero attached hydrogens (tertiary/aromatic N) is 2. The molecule has 23 heavy (non-hydrogen) atoms. The van der Waals surface area contributed by atoms with Gasteiger partial charge in [-0.15, -0.1) is 24.0 Å². The Morgan fingerprint density at radius 3 is 2.26 bits per heavy atom. The second kappa shape index (κ2) is 9.69. The summed E-state index contributed by atoms with van der Waals surface area (Å²) >= 11 is 0. The summed E-state index contributed by atoms with van der Waals surface area (Å²) in [5.41, 5.74) is 1.00. The fourth-order valence-electron chi connectivity index (χ4n) is 2.74. The lowest BCUT2D eigenvalue weighted by atomic mass is 10.1. The molecule has 0 bridgehead atoms. The van der Waals surface area contributed by atoms with Crippen LogP contribution in [0.1, 0.15) is 18.4 Å². The lowest BCUT2D eigenvalue weighted by molar-refractivity contribution is 0.322. The van der Waals surface area contributed by atoms with Gasteiger partial charge in [-0.2, -0.15) is 0 Å². The average Bonchev–Trinajstić information content (AvgIpc) is 3.08. The minimum Gasteiger partial charge on any atom is -0.493 e. The van der Waals surface area contributed by atoms with Gasteiger partial charge in [0.15, 0.2) is 17.5 Å². The Balaban J connectivity index is 0.00000264. The van der Waals surface area contributed by atoms with Crippen LogP contribution in [0.5, 0.6) is 17.2 Å². The molecular weight excluding hydrogens is 409 g/mol. The number of methoxy groups -OCH3 is 3. The molecule has 0 saturated carbocycles. The molecule has 1 aliphatic rings. The zero-order chi connectivity index (χ0) is 15.9. The Labute approximate surface area is 155 Å². The lowest BCUT2D eigenvalue weighted by Crippen LogP contribution is -2.39. The predicted octanol–water partition coefficient (Wildman–Crippen LogP) is 2.50. The van der Waals surface area contributed by atoms with E-state index in [1.54, 1.807) is 21.3 Å². The van der Waals surface area contributed by atoms with E-state index in [-0.39, 0.29) is 24.0 Å². The number of rotatable bonds is 5. The van der Waals surface area contributed by atoms with Crippen molar-refractivity contribution in [2.24, 2.45) is 4.99 Å². The smallest absolute Gasteiger partial charge is 0.203 e. The van der Waals surface area contributed by atoms with Crippen molar-refractivity contribution < 1.29 is 14.2 Å². The van der Waals surface area contributed by atoms with Gasteiger partial charge in [0.2, 0.25) is 5.75 Å². The van der Waals surface area contributed by atoms with Gasteiger partial charge in [-0.05, 0) is 25.0 Å². The summed E-state index contributed by atoms with van der Waals surface area (Å²) in [5, 5.41) is 3.39. The van der Waals surface area contributed by atoms with Crippen LogP contribution in [0.15, 0.2) is 17.1 Å². The molecule has 6 nitrogen and oxygen atoms in total. The summed E-state index contributed by atoms with van der Waals surface area (Å²) in [6, 6.07) is 3.86. The quantitative estimate of drug-likeness (QED) is 0.438. The highest BCUT2D eigenvalue weighted by Crippen LogP contribution is 2.39. The maximum Gasteiger partial charge on any atom is 0.203 e. The number of hydrogen-bond donors (Lipinski definition) is 1. The molecule has 0 atom stereocenters. The first kappa shape index (κ1) is 19.7. The van der Waals surface area contributed by atoms with Crippen molar-refractivity contribution in [3.63, 3.8) is 0 Å². The van der Waals surface area contributed by atoms with Gasteiger partial charge in [-0.1, -0.05) is 0 Å². The van der Waals surface area contributed by atoms with Gasteiger partial charge in [0.1, 0.15) is 0 Å². The Bertz CT molecular complexity index is 532. The number of hydrogen-bond acceptors (Lipinski definition) is 4. The Morgan fingerprint density at radius 1 is 1.09 bits per heavy atom. The van der Waals surface area contributed by atoms with Crippen molar-refractivity contribution in [1.29, 1.82) is 0 Å². The molecule has 0 aromatic heterocycles. The van der Waals surface area contributed by atoms with Crippen LogP contribution in [0.4, 0.5) is 0 Å². The van der Waals surface area contributed by atoms with Crippen LogP contribution < -0.4 is 19.5 Å². The van der Waals surface area contributed by atoms with Crippen LogP contribution in [0.3, 0.4) is 0 Å². The molecular formula is C16H26IN3O3. The Morgan fingerprint density at radius 2 is 1.74 bits per heavy atom. The van der Waals surface area contributed by atoms with Crippen molar-refractivity contribution in [2.45, 2.75) is 19.4 Å². The Kier molecular flexibility index (Phi) is 8.29. The molecule has 0 spiro atoms. The van der Waals surface area contributed by atoms with E-state index in [0.717, 1.165) is 24.6 Å². The number of aliphatic imine (C=N–C) groups is 1. The number of halogens is 1. The Hall–Kier alpha value is -1.38.